The number of alkyl halides is 3. The lowest BCUT2D eigenvalue weighted by molar-refractivity contribution is -0.144. The van der Waals surface area contributed by atoms with Crippen molar-refractivity contribution in [3.8, 4) is 0 Å². The van der Waals surface area contributed by atoms with Gasteiger partial charge in [-0.2, -0.15) is 18.2 Å². The maximum atomic E-state index is 12.4. The monoisotopic (exact) mass is 230 g/mol. The van der Waals surface area contributed by atoms with Crippen LogP contribution < -0.4 is 0 Å². The molecule has 16 heavy (non-hydrogen) atoms. The van der Waals surface area contributed by atoms with Crippen LogP contribution in [0.3, 0.4) is 0 Å². The molecule has 0 amide bonds. The zero-order valence-electron chi connectivity index (χ0n) is 8.71. The molecule has 0 bridgehead atoms. The molecule has 86 valence electrons. The second kappa shape index (κ2) is 3.43. The molecule has 0 aliphatic carbocycles. The Balaban J connectivity index is 2.70. The quantitative estimate of drug-likeness (QED) is 0.752. The van der Waals surface area contributed by atoms with Gasteiger partial charge < -0.3 is 0 Å². The summed E-state index contributed by atoms with van der Waals surface area (Å²) in [4.78, 5) is 7.28. The highest BCUT2D eigenvalue weighted by molar-refractivity contribution is 5.31. The molecule has 0 radical (unpaired) electrons. The van der Waals surface area contributed by atoms with E-state index in [-0.39, 0.29) is 5.78 Å². The topological polar surface area (TPSA) is 43.1 Å². The molecule has 0 atom stereocenters. The first-order valence-electron chi connectivity index (χ1n) is 4.72. The fraction of sp³-hybridized carbons (Fsp3) is 0.444. The van der Waals surface area contributed by atoms with Crippen LogP contribution in [0.2, 0.25) is 0 Å². The van der Waals surface area contributed by atoms with E-state index < -0.39 is 12.0 Å². The van der Waals surface area contributed by atoms with Crippen molar-refractivity contribution >= 4 is 5.78 Å². The summed E-state index contributed by atoms with van der Waals surface area (Å²) >= 11 is 0. The van der Waals surface area contributed by atoms with Crippen LogP contribution in [-0.2, 0) is 12.6 Å². The lowest BCUT2D eigenvalue weighted by atomic mass is 10.3. The molecule has 0 saturated heterocycles. The van der Waals surface area contributed by atoms with Gasteiger partial charge >= 0.3 is 6.18 Å². The Labute approximate surface area is 89.1 Å². The first-order valence-corrected chi connectivity index (χ1v) is 4.72. The number of halogens is 3. The molecule has 7 heteroatoms. The van der Waals surface area contributed by atoms with Gasteiger partial charge in [-0.15, -0.1) is 5.10 Å². The van der Waals surface area contributed by atoms with Gasteiger partial charge in [0.2, 0.25) is 0 Å². The SMILES string of the molecule is CCc1cc(C)nc2nc(C(F)(F)F)nn12. The molecule has 0 spiro atoms. The minimum atomic E-state index is -4.54. The largest absolute Gasteiger partial charge is 0.453 e. The molecular formula is C9H9F3N4. The Kier molecular flexibility index (Phi) is 2.32. The molecule has 0 saturated carbocycles. The minimum Gasteiger partial charge on any atom is -0.216 e. The second-order valence-corrected chi connectivity index (χ2v) is 3.39. The highest BCUT2D eigenvalue weighted by atomic mass is 19.4. The molecule has 0 aliphatic rings. The van der Waals surface area contributed by atoms with E-state index in [9.17, 15) is 13.2 Å². The van der Waals surface area contributed by atoms with Gasteiger partial charge in [0.1, 0.15) is 0 Å². The first-order chi connectivity index (χ1) is 7.41. The van der Waals surface area contributed by atoms with Crippen LogP contribution in [0.15, 0.2) is 6.07 Å². The molecule has 4 nitrogen and oxygen atoms in total. The van der Waals surface area contributed by atoms with Gasteiger partial charge in [-0.3, -0.25) is 0 Å². The van der Waals surface area contributed by atoms with Crippen LogP contribution in [-0.4, -0.2) is 19.6 Å². The zero-order chi connectivity index (χ0) is 11.9. The average Bonchev–Trinajstić information content (AvgIpc) is 2.59. The Hall–Kier alpha value is -1.66. The van der Waals surface area contributed by atoms with E-state index in [0.29, 0.717) is 17.8 Å². The van der Waals surface area contributed by atoms with Crippen LogP contribution in [0, 0.1) is 6.92 Å². The Morgan fingerprint density at radius 3 is 2.56 bits per heavy atom. The van der Waals surface area contributed by atoms with Crippen molar-refractivity contribution in [1.29, 1.82) is 0 Å². The third-order valence-corrected chi connectivity index (χ3v) is 2.13. The maximum Gasteiger partial charge on any atom is 0.453 e. The normalized spacial score (nSPS) is 12.3. The van der Waals surface area contributed by atoms with Crippen molar-refractivity contribution in [3.63, 3.8) is 0 Å². The van der Waals surface area contributed by atoms with Crippen LogP contribution in [0.1, 0.15) is 24.1 Å². The summed E-state index contributed by atoms with van der Waals surface area (Å²) in [6.45, 7) is 3.55. The highest BCUT2D eigenvalue weighted by Crippen LogP contribution is 2.26. The summed E-state index contributed by atoms with van der Waals surface area (Å²) < 4.78 is 38.3. The number of fused-ring (bicyclic) bond motifs is 1. The summed E-state index contributed by atoms with van der Waals surface area (Å²) in [7, 11) is 0. The molecule has 0 unspecified atom stereocenters. The fourth-order valence-corrected chi connectivity index (χ4v) is 1.43. The van der Waals surface area contributed by atoms with E-state index >= 15 is 0 Å². The molecule has 2 heterocycles. The summed E-state index contributed by atoms with van der Waals surface area (Å²) in [5, 5.41) is 3.41. The van der Waals surface area contributed by atoms with E-state index in [0.717, 1.165) is 4.52 Å². The predicted molar refractivity (Wildman–Crippen MR) is 49.9 cm³/mol. The van der Waals surface area contributed by atoms with Crippen molar-refractivity contribution < 1.29 is 13.2 Å². The Morgan fingerprint density at radius 1 is 1.31 bits per heavy atom. The van der Waals surface area contributed by atoms with Crippen molar-refractivity contribution in [2.45, 2.75) is 26.4 Å². The van der Waals surface area contributed by atoms with E-state index in [1.807, 2.05) is 6.92 Å². The summed E-state index contributed by atoms with van der Waals surface area (Å²) in [5.41, 5.74) is 1.29. The molecule has 0 fully saturated rings. The van der Waals surface area contributed by atoms with E-state index in [1.165, 1.54) is 0 Å². The van der Waals surface area contributed by atoms with Gasteiger partial charge in [0.15, 0.2) is 0 Å². The van der Waals surface area contributed by atoms with E-state index in [2.05, 4.69) is 15.1 Å². The van der Waals surface area contributed by atoms with Gasteiger partial charge in [-0.25, -0.2) is 9.50 Å². The number of nitrogens with zero attached hydrogens (tertiary/aromatic N) is 4. The molecule has 0 aliphatic heterocycles. The van der Waals surface area contributed by atoms with Crippen molar-refractivity contribution in [2.24, 2.45) is 0 Å². The van der Waals surface area contributed by atoms with Crippen LogP contribution >= 0.6 is 0 Å². The fourth-order valence-electron chi connectivity index (χ4n) is 1.43. The highest BCUT2D eigenvalue weighted by Gasteiger charge is 2.36. The maximum absolute atomic E-state index is 12.4. The van der Waals surface area contributed by atoms with Gasteiger partial charge in [-0.1, -0.05) is 6.92 Å². The van der Waals surface area contributed by atoms with Gasteiger partial charge in [-0.05, 0) is 19.4 Å². The number of rotatable bonds is 1. The molecule has 0 N–H and O–H groups in total. The Morgan fingerprint density at radius 2 is 2.00 bits per heavy atom. The van der Waals surface area contributed by atoms with Gasteiger partial charge in [0.05, 0.1) is 0 Å². The van der Waals surface area contributed by atoms with E-state index in [4.69, 9.17) is 0 Å². The summed E-state index contributed by atoms with van der Waals surface area (Å²) in [6, 6.07) is 1.70. The molecular weight excluding hydrogens is 221 g/mol. The lowest BCUT2D eigenvalue weighted by Crippen LogP contribution is -2.08. The van der Waals surface area contributed by atoms with Crippen LogP contribution in [0.5, 0.6) is 0 Å². The van der Waals surface area contributed by atoms with Crippen LogP contribution in [0.4, 0.5) is 13.2 Å². The molecule has 2 rings (SSSR count). The number of hydrogen-bond acceptors (Lipinski definition) is 3. The number of hydrogen-bond donors (Lipinski definition) is 0. The third-order valence-electron chi connectivity index (χ3n) is 2.13. The summed E-state index contributed by atoms with van der Waals surface area (Å²) in [5.74, 6) is -1.16. The van der Waals surface area contributed by atoms with Crippen LogP contribution in [0.25, 0.3) is 5.78 Å². The lowest BCUT2D eigenvalue weighted by Gasteiger charge is -2.01. The predicted octanol–water partition coefficient (Wildman–Crippen LogP) is 2.01. The second-order valence-electron chi connectivity index (χ2n) is 3.39. The van der Waals surface area contributed by atoms with E-state index in [1.54, 1.807) is 13.0 Å². The zero-order valence-corrected chi connectivity index (χ0v) is 8.71. The average molecular weight is 230 g/mol. The van der Waals surface area contributed by atoms with Crippen molar-refractivity contribution in [3.05, 3.63) is 23.3 Å². The molecule has 0 aromatic carbocycles. The number of aryl methyl sites for hydroxylation is 2. The molecule has 2 aromatic rings. The standard InChI is InChI=1S/C9H9F3N4/c1-3-6-4-5(2)13-8-14-7(9(10,11)12)15-16(6)8/h4H,3H2,1-2H3. The minimum absolute atomic E-state index is 0.0100. The van der Waals surface area contributed by atoms with Gasteiger partial charge in [0.25, 0.3) is 11.6 Å². The smallest absolute Gasteiger partial charge is 0.216 e. The third kappa shape index (κ3) is 1.72. The van der Waals surface area contributed by atoms with Crippen molar-refractivity contribution in [1.82, 2.24) is 19.6 Å². The Bertz CT molecular complexity index is 529. The number of aromatic nitrogens is 4. The molecule has 2 aromatic heterocycles. The summed E-state index contributed by atoms with van der Waals surface area (Å²) in [6.07, 6.45) is -3.97. The van der Waals surface area contributed by atoms with Crippen molar-refractivity contribution in [2.75, 3.05) is 0 Å². The van der Waals surface area contributed by atoms with Gasteiger partial charge in [0, 0.05) is 11.4 Å². The first kappa shape index (κ1) is 10.8.